The molecule has 1 heterocycles. The first-order valence-corrected chi connectivity index (χ1v) is 9.50. The van der Waals surface area contributed by atoms with Crippen LogP contribution >= 0.6 is 15.9 Å². The van der Waals surface area contributed by atoms with Gasteiger partial charge in [-0.1, -0.05) is 24.3 Å². The molecule has 4 rings (SSSR count). The Kier molecular flexibility index (Phi) is 4.19. The van der Waals surface area contributed by atoms with E-state index in [2.05, 4.69) is 21.2 Å². The maximum Gasteiger partial charge on any atom is 0.330 e. The molecule has 7 nitrogen and oxygen atoms in total. The summed E-state index contributed by atoms with van der Waals surface area (Å²) < 4.78 is 3.44. The van der Waals surface area contributed by atoms with Crippen LogP contribution in [0.2, 0.25) is 0 Å². The van der Waals surface area contributed by atoms with Gasteiger partial charge in [0.15, 0.2) is 0 Å². The summed E-state index contributed by atoms with van der Waals surface area (Å²) in [5, 5.41) is 12.6. The molecule has 2 aromatic carbocycles. The van der Waals surface area contributed by atoms with Crippen molar-refractivity contribution in [1.82, 2.24) is 14.5 Å². The average molecular weight is 444 g/mol. The van der Waals surface area contributed by atoms with E-state index in [0.717, 1.165) is 11.1 Å². The van der Waals surface area contributed by atoms with Crippen molar-refractivity contribution in [2.24, 2.45) is 14.1 Å². The van der Waals surface area contributed by atoms with Crippen LogP contribution in [-0.2, 0) is 31.7 Å². The second-order valence-electron chi connectivity index (χ2n) is 7.19. The van der Waals surface area contributed by atoms with E-state index in [0.29, 0.717) is 15.5 Å². The summed E-state index contributed by atoms with van der Waals surface area (Å²) in [4.78, 5) is 37.3. The third kappa shape index (κ3) is 2.67. The van der Waals surface area contributed by atoms with E-state index in [4.69, 9.17) is 0 Å². The molecule has 0 fully saturated rings. The third-order valence-corrected chi connectivity index (χ3v) is 6.13. The predicted octanol–water partition coefficient (Wildman–Crippen LogP) is 1.99. The summed E-state index contributed by atoms with van der Waals surface area (Å²) in [7, 11) is 3.29. The van der Waals surface area contributed by atoms with Gasteiger partial charge in [-0.15, -0.1) is 0 Å². The van der Waals surface area contributed by atoms with Crippen molar-refractivity contribution in [2.45, 2.75) is 18.4 Å². The van der Waals surface area contributed by atoms with Gasteiger partial charge in [0.1, 0.15) is 5.54 Å². The number of fused-ring (bicyclic) bond motifs is 2. The van der Waals surface area contributed by atoms with Crippen molar-refractivity contribution in [3.8, 4) is 0 Å². The van der Waals surface area contributed by atoms with Crippen molar-refractivity contribution in [3.05, 3.63) is 68.0 Å². The Morgan fingerprint density at radius 2 is 1.61 bits per heavy atom. The molecule has 0 unspecified atom stereocenters. The second-order valence-corrected chi connectivity index (χ2v) is 8.04. The number of carbonyl (C=O) groups is 2. The molecule has 2 N–H and O–H groups in total. The van der Waals surface area contributed by atoms with Crippen LogP contribution in [0.5, 0.6) is 0 Å². The van der Waals surface area contributed by atoms with Crippen LogP contribution in [-0.4, -0.2) is 31.7 Å². The number of aryl methyl sites for hydroxylation is 2. The molecule has 8 heteroatoms. The van der Waals surface area contributed by atoms with E-state index in [1.165, 1.54) is 9.13 Å². The average Bonchev–Trinajstić information content (AvgIpc) is 3.13. The zero-order valence-corrected chi connectivity index (χ0v) is 16.9. The third-order valence-electron chi connectivity index (χ3n) is 5.47. The van der Waals surface area contributed by atoms with Gasteiger partial charge in [0, 0.05) is 31.4 Å². The first-order chi connectivity index (χ1) is 13.2. The fourth-order valence-electron chi connectivity index (χ4n) is 3.89. The Labute approximate surface area is 168 Å². The normalized spacial score (nSPS) is 14.8. The van der Waals surface area contributed by atoms with Gasteiger partial charge in [-0.3, -0.25) is 13.9 Å². The fraction of sp³-hybridized carbons (Fsp3) is 0.250. The quantitative estimate of drug-likeness (QED) is 0.647. The van der Waals surface area contributed by atoms with E-state index in [-0.39, 0.29) is 24.1 Å². The number of aliphatic carboxylic acids is 1. The summed E-state index contributed by atoms with van der Waals surface area (Å²) in [6, 6.07) is 10.8. The highest BCUT2D eigenvalue weighted by Gasteiger charge is 2.45. The molecule has 0 atom stereocenters. The molecule has 0 saturated carbocycles. The largest absolute Gasteiger partial charge is 0.479 e. The summed E-state index contributed by atoms with van der Waals surface area (Å²) in [5.41, 5.74) is 1.81. The lowest BCUT2D eigenvalue weighted by Crippen LogP contribution is -2.55. The minimum atomic E-state index is -1.39. The van der Waals surface area contributed by atoms with Gasteiger partial charge in [-0.2, -0.15) is 0 Å². The standard InChI is InChI=1S/C20H18BrN3O4/c1-23-15-7-13(14(21)8-16(15)24(2)19(23)28)17(25)22-20(18(26)27)9-11-5-3-4-6-12(11)10-20/h3-8H,9-10H2,1-2H3,(H,22,25)(H,26,27). The van der Waals surface area contributed by atoms with Crippen LogP contribution in [0.25, 0.3) is 11.0 Å². The van der Waals surface area contributed by atoms with E-state index in [1.807, 2.05) is 24.3 Å². The molecule has 144 valence electrons. The minimum Gasteiger partial charge on any atom is -0.479 e. The molecule has 0 aliphatic heterocycles. The molecular formula is C20H18BrN3O4. The van der Waals surface area contributed by atoms with E-state index in [9.17, 15) is 19.5 Å². The van der Waals surface area contributed by atoms with Crippen molar-refractivity contribution >= 4 is 38.8 Å². The molecule has 0 radical (unpaired) electrons. The van der Waals surface area contributed by atoms with Crippen LogP contribution in [0.4, 0.5) is 0 Å². The summed E-state index contributed by atoms with van der Waals surface area (Å²) >= 11 is 3.39. The van der Waals surface area contributed by atoms with Gasteiger partial charge in [0.05, 0.1) is 16.6 Å². The number of amides is 1. The molecule has 28 heavy (non-hydrogen) atoms. The maximum absolute atomic E-state index is 13.0. The van der Waals surface area contributed by atoms with Gasteiger partial charge in [0.25, 0.3) is 5.91 Å². The fourth-order valence-corrected chi connectivity index (χ4v) is 4.40. The van der Waals surface area contributed by atoms with Crippen LogP contribution < -0.4 is 11.0 Å². The lowest BCUT2D eigenvalue weighted by Gasteiger charge is -2.25. The molecule has 1 aromatic heterocycles. The lowest BCUT2D eigenvalue weighted by molar-refractivity contribution is -0.144. The Morgan fingerprint density at radius 3 is 2.14 bits per heavy atom. The van der Waals surface area contributed by atoms with Gasteiger partial charge >= 0.3 is 11.7 Å². The van der Waals surface area contributed by atoms with Gasteiger partial charge in [-0.25, -0.2) is 9.59 Å². The smallest absolute Gasteiger partial charge is 0.330 e. The topological polar surface area (TPSA) is 93.3 Å². The monoisotopic (exact) mass is 443 g/mol. The molecule has 0 spiro atoms. The molecule has 1 aliphatic rings. The number of imidazole rings is 1. The number of benzene rings is 2. The maximum atomic E-state index is 13.0. The SMILES string of the molecule is Cn1c(=O)n(C)c2cc(C(=O)NC3(C(=O)O)Cc4ccccc4C3)c(Br)cc21. The number of aromatic nitrogens is 2. The van der Waals surface area contributed by atoms with Gasteiger partial charge in [0.2, 0.25) is 0 Å². The van der Waals surface area contributed by atoms with Crippen molar-refractivity contribution in [3.63, 3.8) is 0 Å². The minimum absolute atomic E-state index is 0.201. The molecule has 0 saturated heterocycles. The Hall–Kier alpha value is -2.87. The number of hydrogen-bond donors (Lipinski definition) is 2. The van der Waals surface area contributed by atoms with Gasteiger partial charge < -0.3 is 10.4 Å². The first-order valence-electron chi connectivity index (χ1n) is 8.71. The Balaban J connectivity index is 1.74. The summed E-state index contributed by atoms with van der Waals surface area (Å²) in [6.07, 6.45) is 0.460. The van der Waals surface area contributed by atoms with Crippen molar-refractivity contribution in [1.29, 1.82) is 0 Å². The molecule has 1 aliphatic carbocycles. The lowest BCUT2D eigenvalue weighted by atomic mass is 9.95. The van der Waals surface area contributed by atoms with E-state index >= 15 is 0 Å². The predicted molar refractivity (Wildman–Crippen MR) is 108 cm³/mol. The second kappa shape index (κ2) is 6.34. The number of hydrogen-bond acceptors (Lipinski definition) is 3. The Bertz CT molecular complexity index is 1180. The number of nitrogens with one attached hydrogen (secondary N) is 1. The molecule has 3 aromatic rings. The zero-order chi connectivity index (χ0) is 20.2. The number of carboxylic acids is 1. The van der Waals surface area contributed by atoms with Crippen LogP contribution in [0, 0.1) is 0 Å². The highest BCUT2D eigenvalue weighted by atomic mass is 79.9. The van der Waals surface area contributed by atoms with Crippen LogP contribution in [0.15, 0.2) is 45.7 Å². The number of rotatable bonds is 3. The van der Waals surface area contributed by atoms with Crippen molar-refractivity contribution < 1.29 is 14.7 Å². The highest BCUT2D eigenvalue weighted by Crippen LogP contribution is 2.31. The Morgan fingerprint density at radius 1 is 1.07 bits per heavy atom. The van der Waals surface area contributed by atoms with Crippen LogP contribution in [0.1, 0.15) is 21.5 Å². The zero-order valence-electron chi connectivity index (χ0n) is 15.3. The first kappa shape index (κ1) is 18.5. The van der Waals surface area contributed by atoms with E-state index < -0.39 is 17.4 Å². The summed E-state index contributed by atoms with van der Waals surface area (Å²) in [5.74, 6) is -1.57. The number of carbonyl (C=O) groups excluding carboxylic acids is 1. The van der Waals surface area contributed by atoms with E-state index in [1.54, 1.807) is 26.2 Å². The molecular weight excluding hydrogens is 426 g/mol. The van der Waals surface area contributed by atoms with Gasteiger partial charge in [-0.05, 0) is 39.2 Å². The van der Waals surface area contributed by atoms with Crippen LogP contribution in [0.3, 0.4) is 0 Å². The number of carboxylic acid groups (broad SMARTS) is 1. The van der Waals surface area contributed by atoms with Crippen molar-refractivity contribution in [2.75, 3.05) is 0 Å². The summed E-state index contributed by atoms with van der Waals surface area (Å²) in [6.45, 7) is 0. The highest BCUT2D eigenvalue weighted by molar-refractivity contribution is 9.10. The molecule has 1 amide bonds. The number of nitrogens with zero attached hydrogens (tertiary/aromatic N) is 2. The molecule has 0 bridgehead atoms. The number of halogens is 1.